The van der Waals surface area contributed by atoms with Gasteiger partial charge in [-0.05, 0) is 32.6 Å². The van der Waals surface area contributed by atoms with Crippen molar-refractivity contribution in [1.29, 1.82) is 0 Å². The molecule has 0 bridgehead atoms. The zero-order chi connectivity index (χ0) is 9.26. The summed E-state index contributed by atoms with van der Waals surface area (Å²) in [6.45, 7) is 2.22. The summed E-state index contributed by atoms with van der Waals surface area (Å²) in [4.78, 5) is 4.38. The maximum atomic E-state index is 9.06. The largest absolute Gasteiger partial charge is 0.394 e. The van der Waals surface area contributed by atoms with E-state index in [9.17, 15) is 0 Å². The van der Waals surface area contributed by atoms with Crippen molar-refractivity contribution in [3.05, 3.63) is 17.7 Å². The third-order valence-corrected chi connectivity index (χ3v) is 2.80. The number of rotatable bonds is 2. The first-order valence-corrected chi connectivity index (χ1v) is 4.98. The predicted molar refractivity (Wildman–Crippen MR) is 50.7 cm³/mol. The lowest BCUT2D eigenvalue weighted by atomic mass is 10.0. The van der Waals surface area contributed by atoms with E-state index in [0.29, 0.717) is 0 Å². The van der Waals surface area contributed by atoms with E-state index >= 15 is 0 Å². The minimum Gasteiger partial charge on any atom is -0.394 e. The van der Waals surface area contributed by atoms with Crippen molar-refractivity contribution in [3.8, 4) is 0 Å². The molecule has 0 saturated carbocycles. The van der Waals surface area contributed by atoms with E-state index in [0.717, 1.165) is 12.8 Å². The zero-order valence-electron chi connectivity index (χ0n) is 8.03. The Morgan fingerprint density at radius 3 is 3.08 bits per heavy atom. The van der Waals surface area contributed by atoms with Gasteiger partial charge in [-0.3, -0.25) is 0 Å². The van der Waals surface area contributed by atoms with Crippen LogP contribution >= 0.6 is 0 Å². The number of fused-ring (bicyclic) bond motifs is 1. The van der Waals surface area contributed by atoms with E-state index in [-0.39, 0.29) is 12.6 Å². The number of imidazole rings is 1. The van der Waals surface area contributed by atoms with Gasteiger partial charge in [-0.25, -0.2) is 4.98 Å². The molecule has 3 heteroatoms. The van der Waals surface area contributed by atoms with E-state index in [2.05, 4.69) is 9.55 Å². The van der Waals surface area contributed by atoms with Gasteiger partial charge in [-0.1, -0.05) is 0 Å². The monoisotopic (exact) mass is 180 g/mol. The molecular weight excluding hydrogens is 164 g/mol. The molecular formula is C10H16N2O. The van der Waals surface area contributed by atoms with Gasteiger partial charge in [-0.2, -0.15) is 0 Å². The maximum Gasteiger partial charge on any atom is 0.0954 e. The molecule has 0 radical (unpaired) electrons. The summed E-state index contributed by atoms with van der Waals surface area (Å²) in [7, 11) is 0. The minimum atomic E-state index is 0.175. The zero-order valence-corrected chi connectivity index (χ0v) is 8.03. The van der Waals surface area contributed by atoms with Gasteiger partial charge < -0.3 is 9.67 Å². The fourth-order valence-electron chi connectivity index (χ4n) is 1.96. The van der Waals surface area contributed by atoms with Crippen molar-refractivity contribution in [2.24, 2.45) is 0 Å². The Kier molecular flexibility index (Phi) is 2.36. The van der Waals surface area contributed by atoms with Crippen LogP contribution in [-0.4, -0.2) is 21.3 Å². The van der Waals surface area contributed by atoms with Crippen LogP contribution in [0.15, 0.2) is 6.33 Å². The van der Waals surface area contributed by atoms with E-state index < -0.39 is 0 Å². The van der Waals surface area contributed by atoms with Gasteiger partial charge in [0.1, 0.15) is 0 Å². The van der Waals surface area contributed by atoms with Crippen LogP contribution in [0, 0.1) is 0 Å². The van der Waals surface area contributed by atoms with E-state index in [4.69, 9.17) is 5.11 Å². The van der Waals surface area contributed by atoms with Crippen molar-refractivity contribution in [2.45, 2.75) is 38.6 Å². The smallest absolute Gasteiger partial charge is 0.0954 e. The van der Waals surface area contributed by atoms with Crippen LogP contribution in [0.25, 0.3) is 0 Å². The number of nitrogens with zero attached hydrogens (tertiary/aromatic N) is 2. The fraction of sp³-hybridized carbons (Fsp3) is 0.700. The molecule has 0 aromatic carbocycles. The number of aromatic nitrogens is 2. The molecule has 1 atom stereocenters. The highest BCUT2D eigenvalue weighted by Gasteiger charge is 2.17. The van der Waals surface area contributed by atoms with Crippen molar-refractivity contribution in [2.75, 3.05) is 6.61 Å². The van der Waals surface area contributed by atoms with Gasteiger partial charge in [0.25, 0.3) is 0 Å². The Bertz CT molecular complexity index is 293. The number of aliphatic hydroxyl groups excluding tert-OH is 1. The predicted octanol–water partition coefficient (Wildman–Crippen LogP) is 1.32. The molecule has 3 nitrogen and oxygen atoms in total. The summed E-state index contributed by atoms with van der Waals surface area (Å²) in [6, 6.07) is 0.175. The van der Waals surface area contributed by atoms with Gasteiger partial charge in [-0.15, -0.1) is 0 Å². The Hall–Kier alpha value is -0.830. The van der Waals surface area contributed by atoms with Crippen molar-refractivity contribution in [3.63, 3.8) is 0 Å². The molecule has 0 amide bonds. The topological polar surface area (TPSA) is 38.0 Å². The number of hydrogen-bond acceptors (Lipinski definition) is 2. The third kappa shape index (κ3) is 1.48. The molecule has 1 aliphatic rings. The lowest BCUT2D eigenvalue weighted by molar-refractivity contribution is 0.236. The summed E-state index contributed by atoms with van der Waals surface area (Å²) in [5.74, 6) is 0. The van der Waals surface area contributed by atoms with Crippen molar-refractivity contribution >= 4 is 0 Å². The van der Waals surface area contributed by atoms with Gasteiger partial charge in [0.15, 0.2) is 0 Å². The molecule has 72 valence electrons. The molecule has 0 fully saturated rings. The molecule has 1 unspecified atom stereocenters. The number of aliphatic hydroxyl groups is 1. The van der Waals surface area contributed by atoms with Crippen LogP contribution in [0.3, 0.4) is 0 Å². The molecule has 0 spiro atoms. The summed E-state index contributed by atoms with van der Waals surface area (Å²) < 4.78 is 2.12. The second kappa shape index (κ2) is 3.50. The molecule has 1 aromatic heterocycles. The molecule has 1 heterocycles. The highest BCUT2D eigenvalue weighted by Crippen LogP contribution is 2.22. The first kappa shape index (κ1) is 8.75. The third-order valence-electron chi connectivity index (χ3n) is 2.80. The average Bonchev–Trinajstić information content (AvgIpc) is 2.60. The van der Waals surface area contributed by atoms with E-state index in [1.807, 2.05) is 13.3 Å². The molecule has 1 aliphatic carbocycles. The van der Waals surface area contributed by atoms with E-state index in [1.54, 1.807) is 0 Å². The second-order valence-electron chi connectivity index (χ2n) is 3.78. The van der Waals surface area contributed by atoms with Gasteiger partial charge in [0, 0.05) is 5.69 Å². The normalized spacial score (nSPS) is 18.3. The number of hydrogen-bond donors (Lipinski definition) is 1. The van der Waals surface area contributed by atoms with Gasteiger partial charge in [0.05, 0.1) is 24.7 Å². The van der Waals surface area contributed by atoms with Gasteiger partial charge in [0.2, 0.25) is 0 Å². The first-order chi connectivity index (χ1) is 6.33. The number of aryl methyl sites for hydroxylation is 1. The lowest BCUT2D eigenvalue weighted by Crippen LogP contribution is -2.14. The molecule has 1 aromatic rings. The summed E-state index contributed by atoms with van der Waals surface area (Å²) in [6.07, 6.45) is 6.63. The van der Waals surface area contributed by atoms with Crippen LogP contribution in [0.5, 0.6) is 0 Å². The van der Waals surface area contributed by atoms with Crippen LogP contribution in [0.2, 0.25) is 0 Å². The van der Waals surface area contributed by atoms with Crippen LogP contribution in [0.1, 0.15) is 37.2 Å². The first-order valence-electron chi connectivity index (χ1n) is 4.98. The fourth-order valence-corrected chi connectivity index (χ4v) is 1.96. The Morgan fingerprint density at radius 2 is 2.31 bits per heavy atom. The van der Waals surface area contributed by atoms with Crippen LogP contribution in [0.4, 0.5) is 0 Å². The van der Waals surface area contributed by atoms with Gasteiger partial charge >= 0.3 is 0 Å². The Labute approximate surface area is 78.4 Å². The standard InChI is InChI=1S/C10H16N2O/c1-8(6-13)12-7-11-9-4-2-3-5-10(9)12/h7-8,13H,2-6H2,1H3. The highest BCUT2D eigenvalue weighted by atomic mass is 16.3. The summed E-state index contributed by atoms with van der Waals surface area (Å²) >= 11 is 0. The summed E-state index contributed by atoms with van der Waals surface area (Å²) in [5.41, 5.74) is 2.58. The minimum absolute atomic E-state index is 0.175. The van der Waals surface area contributed by atoms with Crippen molar-refractivity contribution < 1.29 is 5.11 Å². The molecule has 1 N–H and O–H groups in total. The molecule has 13 heavy (non-hydrogen) atoms. The van der Waals surface area contributed by atoms with Crippen molar-refractivity contribution in [1.82, 2.24) is 9.55 Å². The Morgan fingerprint density at radius 1 is 1.54 bits per heavy atom. The lowest BCUT2D eigenvalue weighted by Gasteiger charge is -2.17. The van der Waals surface area contributed by atoms with E-state index in [1.165, 1.54) is 24.2 Å². The SMILES string of the molecule is CC(CO)n1cnc2c1CCCC2. The average molecular weight is 180 g/mol. The maximum absolute atomic E-state index is 9.06. The summed E-state index contributed by atoms with van der Waals surface area (Å²) in [5, 5.41) is 9.06. The molecule has 0 aliphatic heterocycles. The molecule has 0 saturated heterocycles. The molecule has 2 rings (SSSR count). The highest BCUT2D eigenvalue weighted by molar-refractivity contribution is 5.17. The second-order valence-corrected chi connectivity index (χ2v) is 3.78. The Balaban J connectivity index is 2.31. The van der Waals surface area contributed by atoms with Crippen LogP contribution in [-0.2, 0) is 12.8 Å². The van der Waals surface area contributed by atoms with Crippen LogP contribution < -0.4 is 0 Å². The quantitative estimate of drug-likeness (QED) is 0.745.